The SMILES string of the molecule is CCCCC(=O)Nc1nc(Cl)cc(OC)n1. The second-order valence-corrected chi connectivity index (χ2v) is 3.60. The maximum Gasteiger partial charge on any atom is 0.234 e. The van der Waals surface area contributed by atoms with Gasteiger partial charge in [0.25, 0.3) is 0 Å². The third-order valence-electron chi connectivity index (χ3n) is 1.89. The molecule has 0 unspecified atom stereocenters. The first-order valence-corrected chi connectivity index (χ1v) is 5.42. The van der Waals surface area contributed by atoms with E-state index in [2.05, 4.69) is 15.3 Å². The smallest absolute Gasteiger partial charge is 0.234 e. The second kappa shape index (κ2) is 6.27. The van der Waals surface area contributed by atoms with Crippen LogP contribution in [0, 0.1) is 0 Å². The molecule has 88 valence electrons. The van der Waals surface area contributed by atoms with Crippen LogP contribution in [-0.4, -0.2) is 23.0 Å². The molecular weight excluding hydrogens is 230 g/mol. The molecule has 0 spiro atoms. The number of ether oxygens (including phenoxy) is 1. The molecule has 1 heterocycles. The lowest BCUT2D eigenvalue weighted by Gasteiger charge is -2.05. The van der Waals surface area contributed by atoms with E-state index in [0.29, 0.717) is 12.3 Å². The highest BCUT2D eigenvalue weighted by molar-refractivity contribution is 6.29. The van der Waals surface area contributed by atoms with E-state index in [0.717, 1.165) is 12.8 Å². The van der Waals surface area contributed by atoms with Crippen LogP contribution >= 0.6 is 11.6 Å². The van der Waals surface area contributed by atoms with Crippen LogP contribution < -0.4 is 10.1 Å². The number of rotatable bonds is 5. The van der Waals surface area contributed by atoms with Gasteiger partial charge in [-0.3, -0.25) is 10.1 Å². The molecule has 0 atom stereocenters. The third kappa shape index (κ3) is 4.02. The van der Waals surface area contributed by atoms with Crippen molar-refractivity contribution in [3.63, 3.8) is 0 Å². The van der Waals surface area contributed by atoms with Crippen molar-refractivity contribution in [3.8, 4) is 5.88 Å². The monoisotopic (exact) mass is 243 g/mol. The molecule has 0 saturated heterocycles. The highest BCUT2D eigenvalue weighted by atomic mass is 35.5. The van der Waals surface area contributed by atoms with Gasteiger partial charge in [-0.2, -0.15) is 4.98 Å². The molecule has 0 radical (unpaired) electrons. The summed E-state index contributed by atoms with van der Waals surface area (Å²) >= 11 is 5.73. The molecule has 1 aromatic rings. The summed E-state index contributed by atoms with van der Waals surface area (Å²) in [5.41, 5.74) is 0. The van der Waals surface area contributed by atoms with Crippen LogP contribution in [0.3, 0.4) is 0 Å². The fourth-order valence-electron chi connectivity index (χ4n) is 1.08. The van der Waals surface area contributed by atoms with Gasteiger partial charge in [-0.25, -0.2) is 4.98 Å². The summed E-state index contributed by atoms with van der Waals surface area (Å²) in [6.45, 7) is 2.02. The van der Waals surface area contributed by atoms with Crippen molar-refractivity contribution in [2.24, 2.45) is 0 Å². The van der Waals surface area contributed by atoms with Gasteiger partial charge in [0.15, 0.2) is 0 Å². The molecule has 0 fully saturated rings. The normalized spacial score (nSPS) is 9.94. The summed E-state index contributed by atoms with van der Waals surface area (Å²) in [6.07, 6.45) is 2.26. The number of halogens is 1. The predicted molar refractivity (Wildman–Crippen MR) is 61.7 cm³/mol. The lowest BCUT2D eigenvalue weighted by molar-refractivity contribution is -0.116. The second-order valence-electron chi connectivity index (χ2n) is 3.21. The Kier molecular flexibility index (Phi) is 4.98. The molecule has 0 saturated carbocycles. The number of nitrogens with one attached hydrogen (secondary N) is 1. The number of amides is 1. The van der Waals surface area contributed by atoms with Gasteiger partial charge in [0.1, 0.15) is 5.15 Å². The zero-order valence-corrected chi connectivity index (χ0v) is 10.0. The molecule has 5 nitrogen and oxygen atoms in total. The van der Waals surface area contributed by atoms with Crippen molar-refractivity contribution >= 4 is 23.5 Å². The van der Waals surface area contributed by atoms with Gasteiger partial charge in [0.05, 0.1) is 7.11 Å². The van der Waals surface area contributed by atoms with E-state index < -0.39 is 0 Å². The predicted octanol–water partition coefficient (Wildman–Crippen LogP) is 2.27. The number of unbranched alkanes of at least 4 members (excludes halogenated alkanes) is 1. The fourth-order valence-corrected chi connectivity index (χ4v) is 1.26. The first kappa shape index (κ1) is 12.7. The lowest BCUT2D eigenvalue weighted by atomic mass is 10.2. The van der Waals surface area contributed by atoms with Crippen LogP contribution in [0.5, 0.6) is 5.88 Å². The molecule has 1 rings (SSSR count). The van der Waals surface area contributed by atoms with E-state index >= 15 is 0 Å². The Morgan fingerprint density at radius 2 is 2.31 bits per heavy atom. The number of aromatic nitrogens is 2. The molecular formula is C10H14ClN3O2. The molecule has 1 aromatic heterocycles. The van der Waals surface area contributed by atoms with Crippen molar-refractivity contribution in [2.75, 3.05) is 12.4 Å². The number of anilines is 1. The summed E-state index contributed by atoms with van der Waals surface area (Å²) in [5.74, 6) is 0.377. The summed E-state index contributed by atoms with van der Waals surface area (Å²) in [6, 6.07) is 1.48. The summed E-state index contributed by atoms with van der Waals surface area (Å²) in [5, 5.41) is 2.80. The summed E-state index contributed by atoms with van der Waals surface area (Å²) < 4.78 is 4.91. The van der Waals surface area contributed by atoms with E-state index in [4.69, 9.17) is 16.3 Å². The number of hydrogen-bond donors (Lipinski definition) is 1. The molecule has 0 aliphatic carbocycles. The van der Waals surface area contributed by atoms with Crippen molar-refractivity contribution in [1.82, 2.24) is 9.97 Å². The van der Waals surface area contributed by atoms with Gasteiger partial charge < -0.3 is 4.74 Å². The molecule has 0 bridgehead atoms. The minimum Gasteiger partial charge on any atom is -0.481 e. The quantitative estimate of drug-likeness (QED) is 0.806. The van der Waals surface area contributed by atoms with Gasteiger partial charge >= 0.3 is 0 Å². The minimum absolute atomic E-state index is 0.119. The average molecular weight is 244 g/mol. The zero-order chi connectivity index (χ0) is 12.0. The third-order valence-corrected chi connectivity index (χ3v) is 2.08. The molecule has 0 aromatic carbocycles. The Bertz CT molecular complexity index is 371. The Balaban J connectivity index is 2.65. The van der Waals surface area contributed by atoms with E-state index in [9.17, 15) is 4.79 Å². The van der Waals surface area contributed by atoms with Crippen LogP contribution in [0.4, 0.5) is 5.95 Å². The molecule has 6 heteroatoms. The standard InChI is InChI=1S/C10H14ClN3O2/c1-3-4-5-8(15)13-10-12-7(11)6-9(14-10)16-2/h6H,3-5H2,1-2H3,(H,12,13,14,15). The van der Waals surface area contributed by atoms with E-state index in [1.165, 1.54) is 13.2 Å². The number of methoxy groups -OCH3 is 1. The maximum absolute atomic E-state index is 11.4. The number of carbonyl (C=O) groups is 1. The fraction of sp³-hybridized carbons (Fsp3) is 0.500. The Morgan fingerprint density at radius 3 is 2.94 bits per heavy atom. The van der Waals surface area contributed by atoms with Gasteiger partial charge in [0, 0.05) is 12.5 Å². The van der Waals surface area contributed by atoms with E-state index in [1.54, 1.807) is 0 Å². The molecule has 1 amide bonds. The van der Waals surface area contributed by atoms with Gasteiger partial charge in [0.2, 0.25) is 17.7 Å². The molecule has 0 aliphatic heterocycles. The van der Waals surface area contributed by atoms with Gasteiger partial charge in [-0.1, -0.05) is 24.9 Å². The van der Waals surface area contributed by atoms with Gasteiger partial charge in [-0.15, -0.1) is 0 Å². The van der Waals surface area contributed by atoms with Crippen molar-refractivity contribution in [2.45, 2.75) is 26.2 Å². The van der Waals surface area contributed by atoms with Crippen molar-refractivity contribution in [3.05, 3.63) is 11.2 Å². The number of carbonyl (C=O) groups excluding carboxylic acids is 1. The number of hydrogen-bond acceptors (Lipinski definition) is 4. The summed E-state index contributed by atoms with van der Waals surface area (Å²) in [7, 11) is 1.47. The maximum atomic E-state index is 11.4. The summed E-state index contributed by atoms with van der Waals surface area (Å²) in [4.78, 5) is 19.2. The largest absolute Gasteiger partial charge is 0.481 e. The highest BCUT2D eigenvalue weighted by Crippen LogP contribution is 2.15. The van der Waals surface area contributed by atoms with Crippen LogP contribution in [0.1, 0.15) is 26.2 Å². The topological polar surface area (TPSA) is 64.1 Å². The van der Waals surface area contributed by atoms with Crippen LogP contribution in [0.15, 0.2) is 6.07 Å². The average Bonchev–Trinajstić information content (AvgIpc) is 2.25. The molecule has 1 N–H and O–H groups in total. The first-order chi connectivity index (χ1) is 7.65. The molecule has 0 aliphatic rings. The van der Waals surface area contributed by atoms with Crippen molar-refractivity contribution < 1.29 is 9.53 Å². The number of nitrogens with zero attached hydrogens (tertiary/aromatic N) is 2. The Morgan fingerprint density at radius 1 is 1.56 bits per heavy atom. The van der Waals surface area contributed by atoms with Crippen molar-refractivity contribution in [1.29, 1.82) is 0 Å². The van der Waals surface area contributed by atoms with Crippen LogP contribution in [-0.2, 0) is 4.79 Å². The Hall–Kier alpha value is -1.36. The van der Waals surface area contributed by atoms with Crippen LogP contribution in [0.25, 0.3) is 0 Å². The highest BCUT2D eigenvalue weighted by Gasteiger charge is 2.07. The van der Waals surface area contributed by atoms with Gasteiger partial charge in [-0.05, 0) is 6.42 Å². The van der Waals surface area contributed by atoms with E-state index in [-0.39, 0.29) is 17.0 Å². The van der Waals surface area contributed by atoms with E-state index in [1.807, 2.05) is 6.92 Å². The Labute approximate surface area is 99.2 Å². The zero-order valence-electron chi connectivity index (χ0n) is 9.29. The van der Waals surface area contributed by atoms with Crippen LogP contribution in [0.2, 0.25) is 5.15 Å². The molecule has 16 heavy (non-hydrogen) atoms. The minimum atomic E-state index is -0.119. The lowest BCUT2D eigenvalue weighted by Crippen LogP contribution is -2.13. The first-order valence-electron chi connectivity index (χ1n) is 5.04.